The Morgan fingerprint density at radius 2 is 1.39 bits per heavy atom. The number of allylic oxidation sites excluding steroid dienone is 2. The Bertz CT molecular complexity index is 242. The van der Waals surface area contributed by atoms with Gasteiger partial charge in [0, 0.05) is 6.42 Å². The average Bonchev–Trinajstić information content (AvgIpc) is 2.40. The van der Waals surface area contributed by atoms with E-state index in [0.29, 0.717) is 0 Å². The van der Waals surface area contributed by atoms with Crippen LogP contribution in [0.4, 0.5) is 0 Å². The van der Waals surface area contributed by atoms with Crippen LogP contribution in [0.25, 0.3) is 0 Å². The summed E-state index contributed by atoms with van der Waals surface area (Å²) >= 11 is 0. The number of hydrogen-bond acceptors (Lipinski definition) is 2. The van der Waals surface area contributed by atoms with Crippen molar-refractivity contribution in [2.75, 3.05) is 6.61 Å². The van der Waals surface area contributed by atoms with E-state index in [1.807, 2.05) is 12.5 Å². The zero-order valence-electron chi connectivity index (χ0n) is 12.8. The minimum absolute atomic E-state index is 0.221. The fourth-order valence-electron chi connectivity index (χ4n) is 1.52. The highest BCUT2D eigenvalue weighted by atomic mass is 16.5. The predicted octanol–water partition coefficient (Wildman–Crippen LogP) is 5.21. The largest absolute Gasteiger partial charge is 0.501 e. The van der Waals surface area contributed by atoms with Crippen LogP contribution in [0.1, 0.15) is 66.7 Å². The van der Waals surface area contributed by atoms with Gasteiger partial charge >= 0.3 is 0 Å². The number of hydrogen-bond donors (Lipinski definition) is 0. The molecule has 2 heteroatoms. The monoisotopic (exact) mass is 254 g/mol. The summed E-state index contributed by atoms with van der Waals surface area (Å²) in [6, 6.07) is 0. The second kappa shape index (κ2) is 11.2. The Labute approximate surface area is 113 Å². The van der Waals surface area contributed by atoms with E-state index in [4.69, 9.17) is 9.47 Å². The molecule has 18 heavy (non-hydrogen) atoms. The maximum atomic E-state index is 5.68. The molecule has 0 aliphatic heterocycles. The zero-order chi connectivity index (χ0) is 13.8. The summed E-state index contributed by atoms with van der Waals surface area (Å²) in [5.74, 6) is 0. The van der Waals surface area contributed by atoms with Crippen molar-refractivity contribution in [3.8, 4) is 0 Å². The van der Waals surface area contributed by atoms with Gasteiger partial charge in [-0.3, -0.25) is 0 Å². The molecule has 0 rings (SSSR count). The van der Waals surface area contributed by atoms with Gasteiger partial charge in [0.2, 0.25) is 0 Å². The Morgan fingerprint density at radius 3 is 1.89 bits per heavy atom. The van der Waals surface area contributed by atoms with Crippen LogP contribution in [0.3, 0.4) is 0 Å². The minimum atomic E-state index is 0.221. The van der Waals surface area contributed by atoms with Gasteiger partial charge in [-0.25, -0.2) is 0 Å². The third-order valence-corrected chi connectivity index (χ3v) is 3.18. The highest BCUT2D eigenvalue weighted by Crippen LogP contribution is 2.09. The lowest BCUT2D eigenvalue weighted by Crippen LogP contribution is -2.07. The Kier molecular flexibility index (Phi) is 10.6. The molecule has 0 aromatic rings. The fraction of sp³-hybridized carbons (Fsp3) is 0.750. The van der Waals surface area contributed by atoms with Gasteiger partial charge in [0.1, 0.15) is 0 Å². The van der Waals surface area contributed by atoms with Gasteiger partial charge in [0.05, 0.1) is 25.2 Å². The highest BCUT2D eigenvalue weighted by Gasteiger charge is 2.01. The summed E-state index contributed by atoms with van der Waals surface area (Å²) in [5, 5.41) is 0. The van der Waals surface area contributed by atoms with Gasteiger partial charge in [0.25, 0.3) is 0 Å². The smallest absolute Gasteiger partial charge is 0.0982 e. The molecule has 0 amide bonds. The summed E-state index contributed by atoms with van der Waals surface area (Å²) in [7, 11) is 0. The van der Waals surface area contributed by atoms with Crippen molar-refractivity contribution in [3.05, 3.63) is 23.7 Å². The van der Waals surface area contributed by atoms with Crippen LogP contribution in [0, 0.1) is 0 Å². The molecule has 0 bridgehead atoms. The maximum absolute atomic E-state index is 5.68. The van der Waals surface area contributed by atoms with E-state index in [0.717, 1.165) is 38.7 Å². The van der Waals surface area contributed by atoms with E-state index in [-0.39, 0.29) is 6.10 Å². The van der Waals surface area contributed by atoms with Gasteiger partial charge in [-0.05, 0) is 43.8 Å². The maximum Gasteiger partial charge on any atom is 0.0982 e. The Balaban J connectivity index is 3.80. The van der Waals surface area contributed by atoms with E-state index in [9.17, 15) is 0 Å². The van der Waals surface area contributed by atoms with Gasteiger partial charge in [-0.1, -0.05) is 27.7 Å². The lowest BCUT2D eigenvalue weighted by Gasteiger charge is -2.12. The van der Waals surface area contributed by atoms with E-state index < -0.39 is 0 Å². The molecule has 0 aliphatic carbocycles. The van der Waals surface area contributed by atoms with Gasteiger partial charge < -0.3 is 9.47 Å². The topological polar surface area (TPSA) is 18.5 Å². The summed E-state index contributed by atoms with van der Waals surface area (Å²) in [5.41, 5.74) is 2.73. The second-order valence-electron chi connectivity index (χ2n) is 4.57. The fourth-order valence-corrected chi connectivity index (χ4v) is 1.52. The van der Waals surface area contributed by atoms with E-state index in [1.165, 1.54) is 11.1 Å². The van der Waals surface area contributed by atoms with Crippen LogP contribution >= 0.6 is 0 Å². The first-order valence-corrected chi connectivity index (χ1v) is 7.30. The molecule has 0 aliphatic rings. The van der Waals surface area contributed by atoms with Crippen molar-refractivity contribution in [1.29, 1.82) is 0 Å². The molecule has 0 radical (unpaired) electrons. The molecule has 0 heterocycles. The predicted molar refractivity (Wildman–Crippen MR) is 78.4 cm³/mol. The molecular formula is C16H30O2. The quantitative estimate of drug-likeness (QED) is 0.394. The third-order valence-electron chi connectivity index (χ3n) is 3.18. The lowest BCUT2D eigenvalue weighted by atomic mass is 10.2. The van der Waals surface area contributed by atoms with E-state index in [2.05, 4.69) is 34.6 Å². The number of ether oxygens (including phenoxy) is 2. The standard InChI is InChI=1S/C16H30O2/c1-6-15(7-2)12-17-11-10-14(5)18-13-16(8-3)9-4/h12-14H,6-11H2,1-5H3. The molecule has 0 fully saturated rings. The van der Waals surface area contributed by atoms with Gasteiger partial charge in [-0.2, -0.15) is 0 Å². The third kappa shape index (κ3) is 8.21. The van der Waals surface area contributed by atoms with Crippen molar-refractivity contribution in [1.82, 2.24) is 0 Å². The molecule has 2 nitrogen and oxygen atoms in total. The molecule has 0 aromatic carbocycles. The first-order valence-electron chi connectivity index (χ1n) is 7.30. The number of rotatable bonds is 10. The molecule has 0 aromatic heterocycles. The SMILES string of the molecule is CCC(=COCCC(C)OC=C(CC)CC)CC. The molecule has 0 saturated heterocycles. The molecule has 1 atom stereocenters. The summed E-state index contributed by atoms with van der Waals surface area (Å²) in [6.07, 6.45) is 9.25. The van der Waals surface area contributed by atoms with Crippen LogP contribution < -0.4 is 0 Å². The zero-order valence-corrected chi connectivity index (χ0v) is 12.8. The van der Waals surface area contributed by atoms with Crippen LogP contribution in [0.2, 0.25) is 0 Å². The molecule has 0 saturated carbocycles. The average molecular weight is 254 g/mol. The van der Waals surface area contributed by atoms with Crippen LogP contribution in [0.5, 0.6) is 0 Å². The summed E-state index contributed by atoms with van der Waals surface area (Å²) in [4.78, 5) is 0. The van der Waals surface area contributed by atoms with Crippen molar-refractivity contribution < 1.29 is 9.47 Å². The molecular weight excluding hydrogens is 224 g/mol. The van der Waals surface area contributed by atoms with Crippen molar-refractivity contribution in [2.45, 2.75) is 72.8 Å². The van der Waals surface area contributed by atoms with Gasteiger partial charge in [-0.15, -0.1) is 0 Å². The van der Waals surface area contributed by atoms with Crippen molar-refractivity contribution in [3.63, 3.8) is 0 Å². The normalized spacial score (nSPS) is 11.6. The van der Waals surface area contributed by atoms with E-state index >= 15 is 0 Å². The molecule has 0 N–H and O–H groups in total. The summed E-state index contributed by atoms with van der Waals surface area (Å²) in [6.45, 7) is 11.5. The van der Waals surface area contributed by atoms with Gasteiger partial charge in [0.15, 0.2) is 0 Å². The Hall–Kier alpha value is -0.920. The molecule has 0 spiro atoms. The second-order valence-corrected chi connectivity index (χ2v) is 4.57. The summed E-state index contributed by atoms with van der Waals surface area (Å²) < 4.78 is 11.2. The minimum Gasteiger partial charge on any atom is -0.501 e. The first kappa shape index (κ1) is 17.1. The molecule has 1 unspecified atom stereocenters. The first-order chi connectivity index (χ1) is 8.67. The van der Waals surface area contributed by atoms with Crippen molar-refractivity contribution >= 4 is 0 Å². The lowest BCUT2D eigenvalue weighted by molar-refractivity contribution is 0.116. The van der Waals surface area contributed by atoms with Crippen LogP contribution in [-0.4, -0.2) is 12.7 Å². The highest BCUT2D eigenvalue weighted by molar-refractivity contribution is 4.96. The Morgan fingerprint density at radius 1 is 0.889 bits per heavy atom. The van der Waals surface area contributed by atoms with E-state index in [1.54, 1.807) is 0 Å². The van der Waals surface area contributed by atoms with Crippen LogP contribution in [-0.2, 0) is 9.47 Å². The van der Waals surface area contributed by atoms with Crippen LogP contribution in [0.15, 0.2) is 23.7 Å². The molecule has 106 valence electrons. The van der Waals surface area contributed by atoms with Crippen molar-refractivity contribution in [2.24, 2.45) is 0 Å².